The molecule has 4 rings (SSSR count). The van der Waals surface area contributed by atoms with Crippen LogP contribution in [0.1, 0.15) is 17.5 Å². The molecule has 1 aliphatic rings. The van der Waals surface area contributed by atoms with Crippen molar-refractivity contribution in [2.45, 2.75) is 13.3 Å². The molecule has 1 fully saturated rings. The van der Waals surface area contributed by atoms with Crippen LogP contribution in [-0.4, -0.2) is 32.1 Å². The highest BCUT2D eigenvalue weighted by Gasteiger charge is 2.34. The van der Waals surface area contributed by atoms with Crippen LogP contribution in [0, 0.1) is 6.92 Å². The number of anilines is 1. The van der Waals surface area contributed by atoms with Gasteiger partial charge in [0.25, 0.3) is 11.8 Å². The van der Waals surface area contributed by atoms with Crippen LogP contribution in [0.3, 0.4) is 0 Å². The summed E-state index contributed by atoms with van der Waals surface area (Å²) in [6.07, 6.45) is 2.21. The van der Waals surface area contributed by atoms with Gasteiger partial charge in [0.15, 0.2) is 11.5 Å². The number of hydrogen-bond donors (Lipinski definition) is 1. The summed E-state index contributed by atoms with van der Waals surface area (Å²) in [5.41, 5.74) is 4.98. The van der Waals surface area contributed by atoms with Crippen molar-refractivity contribution in [3.05, 3.63) is 87.9 Å². The fraction of sp³-hybridized carbons (Fsp3) is 0.185. The molecule has 0 saturated carbocycles. The number of amides is 2. The molecule has 7 nitrogen and oxygen atoms in total. The van der Waals surface area contributed by atoms with Gasteiger partial charge in [-0.1, -0.05) is 30.3 Å². The van der Waals surface area contributed by atoms with Gasteiger partial charge < -0.3 is 14.2 Å². The number of hydrazine groups is 1. The third kappa shape index (κ3) is 5.84. The Morgan fingerprint density at radius 1 is 0.971 bits per heavy atom. The quantitative estimate of drug-likeness (QED) is 0.234. The number of nitrogens with zero attached hydrogens (tertiary/aromatic N) is 1. The highest BCUT2D eigenvalue weighted by molar-refractivity contribution is 9.10. The van der Waals surface area contributed by atoms with E-state index in [1.165, 1.54) is 18.2 Å². The molecule has 3 aromatic carbocycles. The Bertz CT molecular complexity index is 1260. The first-order valence-electron chi connectivity index (χ1n) is 11.1. The van der Waals surface area contributed by atoms with Crippen LogP contribution in [-0.2, 0) is 9.59 Å². The smallest absolute Gasteiger partial charge is 0.282 e. The number of rotatable bonds is 9. The van der Waals surface area contributed by atoms with E-state index in [0.717, 1.165) is 11.3 Å². The van der Waals surface area contributed by atoms with E-state index < -0.39 is 11.8 Å². The maximum absolute atomic E-state index is 12.8. The molecule has 0 atom stereocenters. The highest BCUT2D eigenvalue weighted by Crippen LogP contribution is 2.37. The van der Waals surface area contributed by atoms with Gasteiger partial charge in [0, 0.05) is 6.42 Å². The summed E-state index contributed by atoms with van der Waals surface area (Å²) in [5.74, 6) is 0.959. The van der Waals surface area contributed by atoms with Crippen LogP contribution in [0.25, 0.3) is 6.08 Å². The minimum atomic E-state index is -0.470. The predicted octanol–water partition coefficient (Wildman–Crippen LogP) is 5.08. The minimum absolute atomic E-state index is 0.0322. The maximum atomic E-state index is 12.8. The zero-order chi connectivity index (χ0) is 24.8. The fourth-order valence-electron chi connectivity index (χ4n) is 3.57. The lowest BCUT2D eigenvalue weighted by atomic mass is 10.1. The van der Waals surface area contributed by atoms with E-state index in [1.54, 1.807) is 36.4 Å². The van der Waals surface area contributed by atoms with E-state index in [-0.39, 0.29) is 5.57 Å². The van der Waals surface area contributed by atoms with Gasteiger partial charge in [0.2, 0.25) is 0 Å². The molecule has 0 aliphatic carbocycles. The molecule has 0 spiro atoms. The molecule has 1 aliphatic heterocycles. The Morgan fingerprint density at radius 3 is 2.49 bits per heavy atom. The average Bonchev–Trinajstić information content (AvgIpc) is 3.13. The van der Waals surface area contributed by atoms with Crippen LogP contribution < -0.4 is 24.6 Å². The lowest BCUT2D eigenvalue weighted by Gasteiger charge is -2.14. The Morgan fingerprint density at radius 2 is 1.74 bits per heavy atom. The normalized spacial score (nSPS) is 14.3. The second kappa shape index (κ2) is 11.1. The van der Waals surface area contributed by atoms with Crippen molar-refractivity contribution in [1.82, 2.24) is 5.43 Å². The number of carbonyl (C=O) groups excluding carboxylic acids is 2. The molecule has 2 amide bonds. The van der Waals surface area contributed by atoms with Crippen molar-refractivity contribution in [1.29, 1.82) is 0 Å². The Labute approximate surface area is 212 Å². The maximum Gasteiger partial charge on any atom is 0.282 e. The molecule has 1 heterocycles. The van der Waals surface area contributed by atoms with Crippen molar-refractivity contribution in [3.63, 3.8) is 0 Å². The SMILES string of the molecule is COc1cc(/C=C2/C(=O)NN(c3ccccc3)C2=O)cc(Br)c1OCCCOc1cccc(C)c1. The summed E-state index contributed by atoms with van der Waals surface area (Å²) in [4.78, 5) is 25.3. The lowest BCUT2D eigenvalue weighted by Crippen LogP contribution is -2.35. The number of aryl methyl sites for hydroxylation is 1. The molecule has 180 valence electrons. The molecule has 3 aromatic rings. The summed E-state index contributed by atoms with van der Waals surface area (Å²) >= 11 is 3.52. The summed E-state index contributed by atoms with van der Waals surface area (Å²) in [5, 5.41) is 1.23. The van der Waals surface area contributed by atoms with Gasteiger partial charge in [-0.15, -0.1) is 0 Å². The Hall–Kier alpha value is -3.78. The largest absolute Gasteiger partial charge is 0.493 e. The summed E-state index contributed by atoms with van der Waals surface area (Å²) in [6, 6.07) is 20.3. The molecule has 8 heteroatoms. The van der Waals surface area contributed by atoms with Crippen molar-refractivity contribution in [2.24, 2.45) is 0 Å². The van der Waals surface area contributed by atoms with Gasteiger partial charge in [-0.25, -0.2) is 5.01 Å². The molecule has 35 heavy (non-hydrogen) atoms. The average molecular weight is 537 g/mol. The van der Waals surface area contributed by atoms with E-state index in [1.807, 2.05) is 37.3 Å². The van der Waals surface area contributed by atoms with Crippen molar-refractivity contribution in [2.75, 3.05) is 25.3 Å². The fourth-order valence-corrected chi connectivity index (χ4v) is 4.15. The third-order valence-electron chi connectivity index (χ3n) is 5.26. The molecule has 1 N–H and O–H groups in total. The first-order valence-corrected chi connectivity index (χ1v) is 11.9. The molecular weight excluding hydrogens is 512 g/mol. The van der Waals surface area contributed by atoms with Gasteiger partial charge in [0.1, 0.15) is 11.3 Å². The second-order valence-corrected chi connectivity index (χ2v) is 8.73. The van der Waals surface area contributed by atoms with Gasteiger partial charge in [-0.05, 0) is 76.5 Å². The van der Waals surface area contributed by atoms with Crippen molar-refractivity contribution in [3.8, 4) is 17.2 Å². The molecule has 0 unspecified atom stereocenters. The first kappa shape index (κ1) is 24.3. The topological polar surface area (TPSA) is 77.1 Å². The number of hydrogen-bond acceptors (Lipinski definition) is 5. The van der Waals surface area contributed by atoms with E-state index in [9.17, 15) is 9.59 Å². The van der Waals surface area contributed by atoms with Gasteiger partial charge >= 0.3 is 0 Å². The number of para-hydroxylation sites is 1. The molecule has 0 radical (unpaired) electrons. The molecule has 0 bridgehead atoms. The van der Waals surface area contributed by atoms with Crippen LogP contribution in [0.2, 0.25) is 0 Å². The predicted molar refractivity (Wildman–Crippen MR) is 138 cm³/mol. The molecule has 0 aromatic heterocycles. The van der Waals surface area contributed by atoms with Gasteiger partial charge in [-0.3, -0.25) is 15.0 Å². The number of benzene rings is 3. The van der Waals surface area contributed by atoms with Gasteiger partial charge in [-0.2, -0.15) is 0 Å². The van der Waals surface area contributed by atoms with Crippen LogP contribution in [0.4, 0.5) is 5.69 Å². The Kier molecular flexibility index (Phi) is 7.72. The number of methoxy groups -OCH3 is 1. The highest BCUT2D eigenvalue weighted by atomic mass is 79.9. The Balaban J connectivity index is 1.42. The third-order valence-corrected chi connectivity index (χ3v) is 5.85. The van der Waals surface area contributed by atoms with E-state index in [2.05, 4.69) is 21.4 Å². The summed E-state index contributed by atoms with van der Waals surface area (Å²) in [6.45, 7) is 2.96. The molecular formula is C27H25BrN2O5. The standard InChI is InChI=1S/C27H25BrN2O5/c1-18-8-6-11-21(14-18)34-12-7-13-35-25-23(28)16-19(17-24(25)33-2)15-22-26(31)29-30(27(22)32)20-9-4-3-5-10-20/h3-6,8-11,14-17H,7,12-13H2,1-2H3,(H,29,31)/b22-15-. The van der Waals surface area contributed by atoms with Crippen molar-refractivity contribution >= 4 is 39.5 Å². The van der Waals surface area contributed by atoms with E-state index in [4.69, 9.17) is 14.2 Å². The number of ether oxygens (including phenoxy) is 3. The summed E-state index contributed by atoms with van der Waals surface area (Å²) < 4.78 is 17.8. The second-order valence-electron chi connectivity index (χ2n) is 7.88. The molecule has 1 saturated heterocycles. The first-order chi connectivity index (χ1) is 17.0. The zero-order valence-electron chi connectivity index (χ0n) is 19.4. The van der Waals surface area contributed by atoms with E-state index in [0.29, 0.717) is 46.9 Å². The van der Waals surface area contributed by atoms with E-state index >= 15 is 0 Å². The zero-order valence-corrected chi connectivity index (χ0v) is 21.0. The van der Waals surface area contributed by atoms with Crippen LogP contribution in [0.5, 0.6) is 17.2 Å². The number of halogens is 1. The van der Waals surface area contributed by atoms with Crippen LogP contribution in [0.15, 0.2) is 76.8 Å². The number of nitrogens with one attached hydrogen (secondary N) is 1. The van der Waals surface area contributed by atoms with Crippen LogP contribution >= 0.6 is 15.9 Å². The number of carbonyl (C=O) groups is 2. The summed E-state index contributed by atoms with van der Waals surface area (Å²) in [7, 11) is 1.54. The van der Waals surface area contributed by atoms with Crippen molar-refractivity contribution < 1.29 is 23.8 Å². The minimum Gasteiger partial charge on any atom is -0.493 e. The monoisotopic (exact) mass is 536 g/mol. The lowest BCUT2D eigenvalue weighted by molar-refractivity contribution is -0.117. The van der Waals surface area contributed by atoms with Gasteiger partial charge in [0.05, 0.1) is 30.5 Å².